The standard InChI is InChI=1S/C25H24N4O5S/c1-29(17-19-6-4-3-5-7-19)35(31,32)22-14-10-20(11-15-22)24(30)26-25-28-27-23(34-25)16-18-8-12-21(33-2)13-9-18/h3-15H,16-17H2,1-2H3,(H,26,28,30). The molecule has 0 saturated carbocycles. The van der Waals surface area contributed by atoms with Gasteiger partial charge in [0.25, 0.3) is 5.91 Å². The molecule has 180 valence electrons. The van der Waals surface area contributed by atoms with Crippen LogP contribution in [0.25, 0.3) is 0 Å². The van der Waals surface area contributed by atoms with Crippen molar-refractivity contribution in [2.75, 3.05) is 19.5 Å². The van der Waals surface area contributed by atoms with Crippen LogP contribution in [0.15, 0.2) is 88.2 Å². The SMILES string of the molecule is COc1ccc(Cc2nnc(NC(=O)c3ccc(S(=O)(=O)N(C)Cc4ccccc4)cc3)o2)cc1. The smallest absolute Gasteiger partial charge is 0.322 e. The average Bonchev–Trinajstić information content (AvgIpc) is 3.31. The van der Waals surface area contributed by atoms with Gasteiger partial charge in [-0.25, -0.2) is 8.42 Å². The van der Waals surface area contributed by atoms with Crippen LogP contribution in [0.1, 0.15) is 27.4 Å². The molecule has 1 N–H and O–H groups in total. The van der Waals surface area contributed by atoms with E-state index in [0.717, 1.165) is 16.9 Å². The number of hydrogen-bond acceptors (Lipinski definition) is 7. The number of aromatic nitrogens is 2. The number of ether oxygens (including phenoxy) is 1. The Morgan fingerprint density at radius 2 is 1.63 bits per heavy atom. The van der Waals surface area contributed by atoms with E-state index in [1.807, 2.05) is 54.6 Å². The van der Waals surface area contributed by atoms with Gasteiger partial charge in [-0.15, -0.1) is 5.10 Å². The molecule has 0 aliphatic carbocycles. The molecule has 0 saturated heterocycles. The van der Waals surface area contributed by atoms with Gasteiger partial charge in [-0.1, -0.05) is 47.6 Å². The predicted molar refractivity (Wildman–Crippen MR) is 130 cm³/mol. The van der Waals surface area contributed by atoms with Crippen LogP contribution >= 0.6 is 0 Å². The Bertz CT molecular complexity index is 1390. The topological polar surface area (TPSA) is 115 Å². The van der Waals surface area contributed by atoms with Crippen LogP contribution in [0.5, 0.6) is 5.75 Å². The van der Waals surface area contributed by atoms with E-state index in [1.165, 1.54) is 35.6 Å². The van der Waals surface area contributed by atoms with Gasteiger partial charge < -0.3 is 9.15 Å². The van der Waals surface area contributed by atoms with Gasteiger partial charge in [0.2, 0.25) is 15.9 Å². The van der Waals surface area contributed by atoms with E-state index >= 15 is 0 Å². The fourth-order valence-electron chi connectivity index (χ4n) is 3.35. The molecule has 1 aromatic heterocycles. The molecule has 4 rings (SSSR count). The maximum absolute atomic E-state index is 12.9. The van der Waals surface area contributed by atoms with Gasteiger partial charge in [0, 0.05) is 19.2 Å². The lowest BCUT2D eigenvalue weighted by Crippen LogP contribution is -2.26. The zero-order valence-corrected chi connectivity index (χ0v) is 20.0. The summed E-state index contributed by atoms with van der Waals surface area (Å²) in [6, 6.07) is 22.4. The molecule has 0 bridgehead atoms. The maximum Gasteiger partial charge on any atom is 0.322 e. The number of rotatable bonds is 9. The lowest BCUT2D eigenvalue weighted by Gasteiger charge is -2.17. The Morgan fingerprint density at radius 1 is 0.943 bits per heavy atom. The zero-order chi connectivity index (χ0) is 24.8. The number of hydrogen-bond donors (Lipinski definition) is 1. The minimum Gasteiger partial charge on any atom is -0.497 e. The van der Waals surface area contributed by atoms with E-state index in [0.29, 0.717) is 12.3 Å². The third-order valence-corrected chi connectivity index (χ3v) is 7.09. The Kier molecular flexibility index (Phi) is 7.23. The Hall–Kier alpha value is -4.02. The number of methoxy groups -OCH3 is 1. The van der Waals surface area contributed by atoms with Gasteiger partial charge >= 0.3 is 6.01 Å². The Balaban J connectivity index is 1.38. The van der Waals surface area contributed by atoms with Crippen LogP contribution < -0.4 is 10.1 Å². The molecule has 0 unspecified atom stereocenters. The van der Waals surface area contributed by atoms with Crippen LogP contribution in [-0.2, 0) is 23.0 Å². The summed E-state index contributed by atoms with van der Waals surface area (Å²) in [5.74, 6) is 0.591. The number of nitrogens with zero attached hydrogens (tertiary/aromatic N) is 3. The number of sulfonamides is 1. The summed E-state index contributed by atoms with van der Waals surface area (Å²) in [6.45, 7) is 0.238. The average molecular weight is 493 g/mol. The van der Waals surface area contributed by atoms with Crippen molar-refractivity contribution >= 4 is 21.9 Å². The lowest BCUT2D eigenvalue weighted by atomic mass is 10.1. The minimum atomic E-state index is -3.72. The van der Waals surface area contributed by atoms with Gasteiger partial charge in [-0.3, -0.25) is 10.1 Å². The van der Waals surface area contributed by atoms with Crippen LogP contribution in [0.2, 0.25) is 0 Å². The second kappa shape index (κ2) is 10.5. The first kappa shape index (κ1) is 24.1. The van der Waals surface area contributed by atoms with Crippen LogP contribution in [0.4, 0.5) is 6.01 Å². The molecular weight excluding hydrogens is 468 g/mol. The van der Waals surface area contributed by atoms with E-state index < -0.39 is 15.9 Å². The summed E-state index contributed by atoms with van der Waals surface area (Å²) in [5.41, 5.74) is 2.08. The summed E-state index contributed by atoms with van der Waals surface area (Å²) in [6.07, 6.45) is 0.399. The summed E-state index contributed by atoms with van der Waals surface area (Å²) in [5, 5.41) is 10.3. The minimum absolute atomic E-state index is 0.0437. The molecule has 0 aliphatic heterocycles. The predicted octanol–water partition coefficient (Wildman–Crippen LogP) is 3.74. The number of anilines is 1. The Labute approximate surface area is 203 Å². The maximum atomic E-state index is 12.9. The van der Waals surface area contributed by atoms with Gasteiger partial charge in [0.15, 0.2) is 0 Å². The molecule has 0 radical (unpaired) electrons. The molecule has 1 heterocycles. The van der Waals surface area contributed by atoms with Gasteiger partial charge in [-0.2, -0.15) is 4.31 Å². The second-order valence-electron chi connectivity index (χ2n) is 7.75. The van der Waals surface area contributed by atoms with Crippen molar-refractivity contribution in [3.05, 3.63) is 101 Å². The molecule has 1 amide bonds. The van der Waals surface area contributed by atoms with Crippen molar-refractivity contribution in [1.29, 1.82) is 0 Å². The van der Waals surface area contributed by atoms with Crippen LogP contribution in [0.3, 0.4) is 0 Å². The molecule has 35 heavy (non-hydrogen) atoms. The molecule has 3 aromatic carbocycles. The first-order valence-corrected chi connectivity index (χ1v) is 12.2. The summed E-state index contributed by atoms with van der Waals surface area (Å²) < 4.78 is 37.7. The van der Waals surface area contributed by atoms with Gasteiger partial charge in [-0.05, 0) is 47.5 Å². The fourth-order valence-corrected chi connectivity index (χ4v) is 4.51. The van der Waals surface area contributed by atoms with E-state index in [2.05, 4.69) is 15.5 Å². The highest BCUT2D eigenvalue weighted by Crippen LogP contribution is 2.19. The normalized spacial score (nSPS) is 11.4. The van der Waals surface area contributed by atoms with E-state index in [4.69, 9.17) is 9.15 Å². The summed E-state index contributed by atoms with van der Waals surface area (Å²) in [4.78, 5) is 12.7. The quantitative estimate of drug-likeness (QED) is 0.378. The monoisotopic (exact) mass is 492 g/mol. The first-order valence-electron chi connectivity index (χ1n) is 10.7. The van der Waals surface area contributed by atoms with Gasteiger partial charge in [0.1, 0.15) is 5.75 Å². The number of carbonyl (C=O) groups excluding carboxylic acids is 1. The molecular formula is C25H24N4O5S. The molecule has 10 heteroatoms. The second-order valence-corrected chi connectivity index (χ2v) is 9.80. The van der Waals surface area contributed by atoms with E-state index in [9.17, 15) is 13.2 Å². The van der Waals surface area contributed by atoms with Crippen molar-refractivity contribution in [3.8, 4) is 5.75 Å². The lowest BCUT2D eigenvalue weighted by molar-refractivity contribution is 0.102. The highest BCUT2D eigenvalue weighted by molar-refractivity contribution is 7.89. The van der Waals surface area contributed by atoms with Crippen molar-refractivity contribution in [1.82, 2.24) is 14.5 Å². The third kappa shape index (κ3) is 5.92. The number of nitrogens with one attached hydrogen (secondary N) is 1. The zero-order valence-electron chi connectivity index (χ0n) is 19.2. The highest BCUT2D eigenvalue weighted by atomic mass is 32.2. The van der Waals surface area contributed by atoms with Crippen molar-refractivity contribution < 1.29 is 22.4 Å². The van der Waals surface area contributed by atoms with Gasteiger partial charge in [0.05, 0.1) is 18.4 Å². The molecule has 0 atom stereocenters. The molecule has 4 aromatic rings. The number of benzene rings is 3. The summed E-state index contributed by atoms with van der Waals surface area (Å²) in [7, 11) is -0.604. The van der Waals surface area contributed by atoms with E-state index in [1.54, 1.807) is 7.11 Å². The molecule has 0 aliphatic rings. The molecule has 0 fully saturated rings. The number of carbonyl (C=O) groups is 1. The van der Waals surface area contributed by atoms with Crippen molar-refractivity contribution in [2.45, 2.75) is 17.9 Å². The summed E-state index contributed by atoms with van der Waals surface area (Å²) >= 11 is 0. The first-order chi connectivity index (χ1) is 16.8. The third-order valence-electron chi connectivity index (χ3n) is 5.27. The molecule has 0 spiro atoms. The van der Waals surface area contributed by atoms with Crippen LogP contribution in [-0.4, -0.2) is 43.0 Å². The van der Waals surface area contributed by atoms with E-state index in [-0.39, 0.29) is 23.0 Å². The highest BCUT2D eigenvalue weighted by Gasteiger charge is 2.21. The van der Waals surface area contributed by atoms with Crippen molar-refractivity contribution in [2.24, 2.45) is 0 Å². The Morgan fingerprint density at radius 3 is 2.29 bits per heavy atom. The number of amides is 1. The largest absolute Gasteiger partial charge is 0.497 e. The fraction of sp³-hybridized carbons (Fsp3) is 0.160. The van der Waals surface area contributed by atoms with Crippen LogP contribution in [0, 0.1) is 0 Å². The van der Waals surface area contributed by atoms with Crippen molar-refractivity contribution in [3.63, 3.8) is 0 Å². The molecule has 9 nitrogen and oxygen atoms in total.